The minimum atomic E-state index is -1.24. The summed E-state index contributed by atoms with van der Waals surface area (Å²) >= 11 is 0. The lowest BCUT2D eigenvalue weighted by atomic mass is 10.00. The van der Waals surface area contributed by atoms with Crippen molar-refractivity contribution in [1.29, 1.82) is 0 Å². The predicted molar refractivity (Wildman–Crippen MR) is 99.9 cm³/mol. The number of carboxylic acids is 2. The Hall–Kier alpha value is -1.10. The summed E-state index contributed by atoms with van der Waals surface area (Å²) in [6.45, 7) is 0.889. The van der Waals surface area contributed by atoms with Gasteiger partial charge in [0, 0.05) is 13.7 Å². The quantitative estimate of drug-likeness (QED) is 0.243. The second-order valence-corrected chi connectivity index (χ2v) is 6.96. The Morgan fingerprint density at radius 3 is 1.28 bits per heavy atom. The number of aliphatic carboxylic acids is 2. The number of hydrogen-bond acceptors (Lipinski definition) is 3. The summed E-state index contributed by atoms with van der Waals surface area (Å²) in [4.78, 5) is 21.5. The fourth-order valence-electron chi connectivity index (χ4n) is 3.07. The SMILES string of the molecule is COCCCCCCCCCCCCCCCCC(C(=O)O)C(=O)O. The maximum atomic E-state index is 10.7. The van der Waals surface area contributed by atoms with Gasteiger partial charge in [-0.2, -0.15) is 0 Å². The lowest BCUT2D eigenvalue weighted by Crippen LogP contribution is -2.23. The molecular formula is C20H38O5. The fourth-order valence-corrected chi connectivity index (χ4v) is 3.07. The van der Waals surface area contributed by atoms with Crippen LogP contribution in [0.5, 0.6) is 0 Å². The molecule has 0 saturated heterocycles. The molecule has 0 aromatic heterocycles. The van der Waals surface area contributed by atoms with Crippen molar-refractivity contribution in [2.45, 2.75) is 96.3 Å². The van der Waals surface area contributed by atoms with E-state index in [-0.39, 0.29) is 6.42 Å². The van der Waals surface area contributed by atoms with Crippen molar-refractivity contribution in [1.82, 2.24) is 0 Å². The number of carbonyl (C=O) groups is 2. The molecule has 0 aliphatic carbocycles. The third-order valence-corrected chi connectivity index (χ3v) is 4.69. The highest BCUT2D eigenvalue weighted by atomic mass is 16.5. The molecule has 0 heterocycles. The summed E-state index contributed by atoms with van der Waals surface area (Å²) in [6.07, 6.45) is 17.1. The van der Waals surface area contributed by atoms with Crippen molar-refractivity contribution in [3.8, 4) is 0 Å². The molecule has 25 heavy (non-hydrogen) atoms. The molecule has 0 aliphatic rings. The average Bonchev–Trinajstić information content (AvgIpc) is 2.57. The van der Waals surface area contributed by atoms with Crippen molar-refractivity contribution < 1.29 is 24.5 Å². The van der Waals surface area contributed by atoms with Gasteiger partial charge in [0.25, 0.3) is 0 Å². The maximum Gasteiger partial charge on any atom is 0.317 e. The number of carboxylic acid groups (broad SMARTS) is 2. The molecule has 2 N–H and O–H groups in total. The van der Waals surface area contributed by atoms with Crippen molar-refractivity contribution in [3.05, 3.63) is 0 Å². The molecule has 0 rings (SSSR count). The molecular weight excluding hydrogens is 320 g/mol. The van der Waals surface area contributed by atoms with Crippen LogP contribution in [0.15, 0.2) is 0 Å². The van der Waals surface area contributed by atoms with Gasteiger partial charge in [-0.1, -0.05) is 83.5 Å². The summed E-state index contributed by atoms with van der Waals surface area (Å²) < 4.78 is 5.04. The summed E-state index contributed by atoms with van der Waals surface area (Å²) in [6, 6.07) is 0. The molecule has 0 radical (unpaired) electrons. The van der Waals surface area contributed by atoms with Gasteiger partial charge in [0.15, 0.2) is 5.92 Å². The van der Waals surface area contributed by atoms with E-state index in [2.05, 4.69) is 0 Å². The molecule has 5 nitrogen and oxygen atoms in total. The Bertz CT molecular complexity index is 316. The van der Waals surface area contributed by atoms with E-state index < -0.39 is 17.9 Å². The van der Waals surface area contributed by atoms with Gasteiger partial charge >= 0.3 is 11.9 Å². The third-order valence-electron chi connectivity index (χ3n) is 4.69. The molecule has 0 spiro atoms. The number of methoxy groups -OCH3 is 1. The third kappa shape index (κ3) is 16.1. The largest absolute Gasteiger partial charge is 0.481 e. The van der Waals surface area contributed by atoms with Gasteiger partial charge < -0.3 is 14.9 Å². The zero-order valence-corrected chi connectivity index (χ0v) is 16.0. The van der Waals surface area contributed by atoms with Crippen LogP contribution in [0, 0.1) is 5.92 Å². The minimum absolute atomic E-state index is 0.246. The van der Waals surface area contributed by atoms with E-state index in [0.717, 1.165) is 19.4 Å². The first-order valence-electron chi connectivity index (χ1n) is 10.0. The number of rotatable bonds is 19. The first-order valence-corrected chi connectivity index (χ1v) is 10.0. The second-order valence-electron chi connectivity index (χ2n) is 6.96. The highest BCUT2D eigenvalue weighted by molar-refractivity contribution is 5.92. The van der Waals surface area contributed by atoms with Gasteiger partial charge in [-0.3, -0.25) is 9.59 Å². The van der Waals surface area contributed by atoms with E-state index >= 15 is 0 Å². The molecule has 0 atom stereocenters. The molecule has 148 valence electrons. The number of unbranched alkanes of at least 4 members (excludes halogenated alkanes) is 13. The Labute approximate surface area is 153 Å². The second kappa shape index (κ2) is 17.7. The topological polar surface area (TPSA) is 83.8 Å². The van der Waals surface area contributed by atoms with Crippen LogP contribution >= 0.6 is 0 Å². The van der Waals surface area contributed by atoms with E-state index in [4.69, 9.17) is 14.9 Å². The van der Waals surface area contributed by atoms with Gasteiger partial charge in [-0.15, -0.1) is 0 Å². The van der Waals surface area contributed by atoms with Gasteiger partial charge in [-0.25, -0.2) is 0 Å². The van der Waals surface area contributed by atoms with E-state index in [1.54, 1.807) is 7.11 Å². The Morgan fingerprint density at radius 1 is 0.640 bits per heavy atom. The highest BCUT2D eigenvalue weighted by Crippen LogP contribution is 2.15. The lowest BCUT2D eigenvalue weighted by Gasteiger charge is -2.07. The molecule has 5 heteroatoms. The van der Waals surface area contributed by atoms with Crippen LogP contribution in [-0.2, 0) is 14.3 Å². The van der Waals surface area contributed by atoms with Crippen molar-refractivity contribution >= 4 is 11.9 Å². The van der Waals surface area contributed by atoms with Crippen molar-refractivity contribution in [2.24, 2.45) is 5.92 Å². The standard InChI is InChI=1S/C20H38O5/c1-25-17-15-13-11-9-7-5-3-2-4-6-8-10-12-14-16-18(19(21)22)20(23)24/h18H,2-17H2,1H3,(H,21,22)(H,23,24). The zero-order chi connectivity index (χ0) is 18.8. The first-order chi connectivity index (χ1) is 12.1. The fraction of sp³-hybridized carbons (Fsp3) is 0.900. The first kappa shape index (κ1) is 23.9. The zero-order valence-electron chi connectivity index (χ0n) is 16.0. The van der Waals surface area contributed by atoms with Gasteiger partial charge in [0.1, 0.15) is 0 Å². The Balaban J connectivity index is 3.21. The van der Waals surface area contributed by atoms with Crippen LogP contribution in [0.3, 0.4) is 0 Å². The van der Waals surface area contributed by atoms with E-state index in [9.17, 15) is 9.59 Å². The van der Waals surface area contributed by atoms with Gasteiger partial charge in [-0.05, 0) is 12.8 Å². The molecule has 0 aliphatic heterocycles. The number of hydrogen-bond donors (Lipinski definition) is 2. The summed E-state index contributed by atoms with van der Waals surface area (Å²) in [5, 5.41) is 17.6. The normalized spacial score (nSPS) is 11.1. The van der Waals surface area contributed by atoms with Crippen molar-refractivity contribution in [3.63, 3.8) is 0 Å². The van der Waals surface area contributed by atoms with Crippen LogP contribution in [0.25, 0.3) is 0 Å². The Morgan fingerprint density at radius 2 is 0.960 bits per heavy atom. The molecule has 0 unspecified atom stereocenters. The molecule has 0 aromatic carbocycles. The number of ether oxygens (including phenoxy) is 1. The molecule has 0 saturated carbocycles. The van der Waals surface area contributed by atoms with Crippen LogP contribution in [0.1, 0.15) is 96.3 Å². The molecule has 0 aromatic rings. The average molecular weight is 359 g/mol. The van der Waals surface area contributed by atoms with Crippen LogP contribution < -0.4 is 0 Å². The van der Waals surface area contributed by atoms with E-state index in [1.807, 2.05) is 0 Å². The van der Waals surface area contributed by atoms with Gasteiger partial charge in [0.05, 0.1) is 0 Å². The summed E-state index contributed by atoms with van der Waals surface area (Å²) in [5.41, 5.74) is 0. The lowest BCUT2D eigenvalue weighted by molar-refractivity contribution is -0.154. The highest BCUT2D eigenvalue weighted by Gasteiger charge is 2.24. The monoisotopic (exact) mass is 358 g/mol. The van der Waals surface area contributed by atoms with E-state index in [1.165, 1.54) is 70.6 Å². The molecule has 0 amide bonds. The summed E-state index contributed by atoms with van der Waals surface area (Å²) in [5.74, 6) is -3.68. The Kier molecular flexibility index (Phi) is 16.9. The minimum Gasteiger partial charge on any atom is -0.481 e. The summed E-state index contributed by atoms with van der Waals surface area (Å²) in [7, 11) is 1.76. The van der Waals surface area contributed by atoms with E-state index in [0.29, 0.717) is 6.42 Å². The van der Waals surface area contributed by atoms with Gasteiger partial charge in [0.2, 0.25) is 0 Å². The van der Waals surface area contributed by atoms with Crippen LogP contribution in [0.4, 0.5) is 0 Å². The van der Waals surface area contributed by atoms with Crippen LogP contribution in [0.2, 0.25) is 0 Å². The van der Waals surface area contributed by atoms with Crippen molar-refractivity contribution in [2.75, 3.05) is 13.7 Å². The smallest absolute Gasteiger partial charge is 0.317 e. The van der Waals surface area contributed by atoms with Crippen LogP contribution in [-0.4, -0.2) is 35.9 Å². The predicted octanol–water partition coefficient (Wildman–Crippen LogP) is 5.27. The molecule has 0 fully saturated rings. The maximum absolute atomic E-state index is 10.7. The molecule has 0 bridgehead atoms.